The van der Waals surface area contributed by atoms with Crippen LogP contribution in [0, 0.1) is 0 Å². The maximum absolute atomic E-state index is 12.4. The molecule has 0 aromatic carbocycles. The molecule has 0 aliphatic carbocycles. The zero-order valence-corrected chi connectivity index (χ0v) is 13.8. The lowest BCUT2D eigenvalue weighted by Gasteiger charge is -2.25. The van der Waals surface area contributed by atoms with Crippen LogP contribution in [-0.4, -0.2) is 35.8 Å². The van der Waals surface area contributed by atoms with Crippen molar-refractivity contribution in [3.05, 3.63) is 44.8 Å². The summed E-state index contributed by atoms with van der Waals surface area (Å²) in [5.74, 6) is 0.215. The van der Waals surface area contributed by atoms with Gasteiger partial charge in [0.25, 0.3) is 0 Å². The summed E-state index contributed by atoms with van der Waals surface area (Å²) in [4.78, 5) is 19.2. The van der Waals surface area contributed by atoms with Crippen molar-refractivity contribution in [1.29, 1.82) is 0 Å². The third-order valence-electron chi connectivity index (χ3n) is 3.97. The number of likely N-dealkylation sites (N-methyl/N-ethyl adjacent to an activating group) is 1. The van der Waals surface area contributed by atoms with Crippen molar-refractivity contribution in [1.82, 2.24) is 9.80 Å². The molecule has 0 radical (unpaired) electrons. The van der Waals surface area contributed by atoms with Gasteiger partial charge >= 0.3 is 0 Å². The summed E-state index contributed by atoms with van der Waals surface area (Å²) in [6, 6.07) is 8.84. The molecule has 1 fully saturated rings. The van der Waals surface area contributed by atoms with Crippen molar-refractivity contribution in [2.45, 2.75) is 25.4 Å². The minimum absolute atomic E-state index is 0.215. The number of nitrogens with zero attached hydrogens (tertiary/aromatic N) is 2. The maximum Gasteiger partial charge on any atom is 0.236 e. The Balaban J connectivity index is 1.58. The summed E-state index contributed by atoms with van der Waals surface area (Å²) in [5, 5.41) is 4.18. The molecule has 5 heteroatoms. The molecule has 21 heavy (non-hydrogen) atoms. The van der Waals surface area contributed by atoms with E-state index in [-0.39, 0.29) is 5.91 Å². The van der Waals surface area contributed by atoms with E-state index in [1.54, 1.807) is 22.7 Å². The van der Waals surface area contributed by atoms with Gasteiger partial charge in [0.05, 0.1) is 13.1 Å². The minimum Gasteiger partial charge on any atom is -0.340 e. The standard InChI is InChI=1S/C16H20N2OS2/c1-17(11-13-5-3-9-20-13)16(19)12-18-8-2-6-14(18)15-7-4-10-21-15/h3-5,7,9-10,14H,2,6,8,11-12H2,1H3. The van der Waals surface area contributed by atoms with Crippen LogP contribution in [0.5, 0.6) is 0 Å². The van der Waals surface area contributed by atoms with Crippen molar-refractivity contribution in [3.63, 3.8) is 0 Å². The van der Waals surface area contributed by atoms with Crippen LogP contribution < -0.4 is 0 Å². The zero-order chi connectivity index (χ0) is 14.7. The average molecular weight is 320 g/mol. The molecular formula is C16H20N2OS2. The lowest BCUT2D eigenvalue weighted by atomic mass is 10.2. The van der Waals surface area contributed by atoms with Crippen molar-refractivity contribution < 1.29 is 4.79 Å². The van der Waals surface area contributed by atoms with E-state index in [4.69, 9.17) is 0 Å². The zero-order valence-electron chi connectivity index (χ0n) is 12.2. The second kappa shape index (κ2) is 6.73. The van der Waals surface area contributed by atoms with Crippen molar-refractivity contribution in [2.24, 2.45) is 0 Å². The first-order chi connectivity index (χ1) is 10.2. The second-order valence-electron chi connectivity index (χ2n) is 5.47. The Hall–Kier alpha value is -1.17. The fourth-order valence-electron chi connectivity index (χ4n) is 2.84. The highest BCUT2D eigenvalue weighted by Crippen LogP contribution is 2.34. The first-order valence-corrected chi connectivity index (χ1v) is 9.04. The number of carbonyl (C=O) groups excluding carboxylic acids is 1. The molecule has 0 bridgehead atoms. The Kier molecular flexibility index (Phi) is 4.73. The highest BCUT2D eigenvalue weighted by atomic mass is 32.1. The van der Waals surface area contributed by atoms with E-state index in [1.165, 1.54) is 22.6 Å². The highest BCUT2D eigenvalue weighted by Gasteiger charge is 2.28. The average Bonchev–Trinajstić information content (AvgIpc) is 3.20. The summed E-state index contributed by atoms with van der Waals surface area (Å²) in [5.41, 5.74) is 0. The Morgan fingerprint density at radius 3 is 2.86 bits per heavy atom. The molecule has 0 saturated carbocycles. The molecule has 1 amide bonds. The number of amides is 1. The second-order valence-corrected chi connectivity index (χ2v) is 7.48. The quantitative estimate of drug-likeness (QED) is 0.840. The molecule has 1 atom stereocenters. The van der Waals surface area contributed by atoms with E-state index in [1.807, 2.05) is 18.0 Å². The number of hydrogen-bond acceptors (Lipinski definition) is 4. The van der Waals surface area contributed by atoms with E-state index >= 15 is 0 Å². The Labute approximate surface area is 133 Å². The van der Waals surface area contributed by atoms with Gasteiger partial charge in [-0.15, -0.1) is 22.7 Å². The van der Waals surface area contributed by atoms with Crippen LogP contribution in [0.2, 0.25) is 0 Å². The van der Waals surface area contributed by atoms with Gasteiger partial charge < -0.3 is 4.90 Å². The number of rotatable bonds is 5. The van der Waals surface area contributed by atoms with Gasteiger partial charge in [-0.2, -0.15) is 0 Å². The van der Waals surface area contributed by atoms with E-state index in [0.29, 0.717) is 19.1 Å². The first-order valence-electron chi connectivity index (χ1n) is 7.28. The molecule has 2 aromatic rings. The lowest BCUT2D eigenvalue weighted by molar-refractivity contribution is -0.131. The summed E-state index contributed by atoms with van der Waals surface area (Å²) >= 11 is 3.50. The van der Waals surface area contributed by atoms with Crippen LogP contribution in [0.3, 0.4) is 0 Å². The topological polar surface area (TPSA) is 23.6 Å². The SMILES string of the molecule is CN(Cc1cccs1)C(=O)CN1CCCC1c1cccs1. The number of thiophene rings is 2. The van der Waals surface area contributed by atoms with Crippen LogP contribution >= 0.6 is 22.7 Å². The molecule has 0 spiro atoms. The molecular weight excluding hydrogens is 300 g/mol. The van der Waals surface area contributed by atoms with Gasteiger partial charge in [0.2, 0.25) is 5.91 Å². The fraction of sp³-hybridized carbons (Fsp3) is 0.438. The van der Waals surface area contributed by atoms with E-state index in [0.717, 1.165) is 6.54 Å². The van der Waals surface area contributed by atoms with Gasteiger partial charge in [-0.3, -0.25) is 9.69 Å². The summed E-state index contributed by atoms with van der Waals surface area (Å²) in [7, 11) is 1.90. The molecule has 3 rings (SSSR count). The Bertz CT molecular complexity index is 565. The van der Waals surface area contributed by atoms with Gasteiger partial charge in [0, 0.05) is 22.8 Å². The fourth-order valence-corrected chi connectivity index (χ4v) is 4.49. The van der Waals surface area contributed by atoms with Gasteiger partial charge in [-0.05, 0) is 42.3 Å². The smallest absolute Gasteiger partial charge is 0.236 e. The van der Waals surface area contributed by atoms with Gasteiger partial charge in [0.1, 0.15) is 0 Å². The van der Waals surface area contributed by atoms with E-state index in [2.05, 4.69) is 33.9 Å². The summed E-state index contributed by atoms with van der Waals surface area (Å²) in [6.07, 6.45) is 2.35. The molecule has 1 aliphatic rings. The third kappa shape index (κ3) is 3.54. The van der Waals surface area contributed by atoms with E-state index < -0.39 is 0 Å². The lowest BCUT2D eigenvalue weighted by Crippen LogP contribution is -2.37. The van der Waals surface area contributed by atoms with Crippen LogP contribution in [0.25, 0.3) is 0 Å². The highest BCUT2D eigenvalue weighted by molar-refractivity contribution is 7.10. The van der Waals surface area contributed by atoms with Gasteiger partial charge in [-0.25, -0.2) is 0 Å². The van der Waals surface area contributed by atoms with Crippen molar-refractivity contribution in [2.75, 3.05) is 20.1 Å². The monoisotopic (exact) mass is 320 g/mol. The molecule has 3 heterocycles. The molecule has 112 valence electrons. The predicted molar refractivity (Wildman–Crippen MR) is 88.7 cm³/mol. The summed E-state index contributed by atoms with van der Waals surface area (Å²) < 4.78 is 0. The summed E-state index contributed by atoms with van der Waals surface area (Å²) in [6.45, 7) is 2.28. The normalized spacial score (nSPS) is 19.0. The Morgan fingerprint density at radius 2 is 2.14 bits per heavy atom. The molecule has 3 nitrogen and oxygen atoms in total. The maximum atomic E-state index is 12.4. The van der Waals surface area contributed by atoms with Gasteiger partial charge in [0.15, 0.2) is 0 Å². The Morgan fingerprint density at radius 1 is 1.33 bits per heavy atom. The van der Waals surface area contributed by atoms with Crippen LogP contribution in [-0.2, 0) is 11.3 Å². The number of carbonyl (C=O) groups is 1. The van der Waals surface area contributed by atoms with Crippen molar-refractivity contribution >= 4 is 28.6 Å². The molecule has 0 N–H and O–H groups in total. The first kappa shape index (κ1) is 14.8. The number of hydrogen-bond donors (Lipinski definition) is 0. The third-order valence-corrected chi connectivity index (χ3v) is 5.81. The largest absolute Gasteiger partial charge is 0.340 e. The van der Waals surface area contributed by atoms with Crippen molar-refractivity contribution in [3.8, 4) is 0 Å². The molecule has 2 aromatic heterocycles. The molecule has 1 saturated heterocycles. The molecule has 1 aliphatic heterocycles. The number of likely N-dealkylation sites (tertiary alicyclic amines) is 1. The van der Waals surface area contributed by atoms with Crippen LogP contribution in [0.1, 0.15) is 28.6 Å². The minimum atomic E-state index is 0.215. The molecule has 1 unspecified atom stereocenters. The van der Waals surface area contributed by atoms with E-state index in [9.17, 15) is 4.79 Å². The van der Waals surface area contributed by atoms with Crippen LogP contribution in [0.15, 0.2) is 35.0 Å². The van der Waals surface area contributed by atoms with Gasteiger partial charge in [-0.1, -0.05) is 12.1 Å². The van der Waals surface area contributed by atoms with Crippen LogP contribution in [0.4, 0.5) is 0 Å². The predicted octanol–water partition coefficient (Wildman–Crippen LogP) is 3.61.